The molecule has 3 aromatic carbocycles. The summed E-state index contributed by atoms with van der Waals surface area (Å²) in [5, 5.41) is 6.06. The van der Waals surface area contributed by atoms with Crippen molar-refractivity contribution in [2.45, 2.75) is 25.3 Å². The molecule has 4 heteroatoms. The number of carbonyl (C=O) groups excluding carboxylic acids is 1. The normalized spacial score (nSPS) is 18.5. The number of carbonyl (C=O) groups is 1. The van der Waals surface area contributed by atoms with E-state index >= 15 is 0 Å². The van der Waals surface area contributed by atoms with Gasteiger partial charge in [0.15, 0.2) is 5.78 Å². The van der Waals surface area contributed by atoms with Crippen LogP contribution in [-0.4, -0.2) is 12.9 Å². The highest BCUT2D eigenvalue weighted by atomic mass is 79.9. The van der Waals surface area contributed by atoms with Crippen LogP contribution >= 0.6 is 15.9 Å². The first-order valence-corrected chi connectivity index (χ1v) is 10.3. The second kappa shape index (κ2) is 6.78. The number of ether oxygens (including phenoxy) is 1. The summed E-state index contributed by atoms with van der Waals surface area (Å²) in [5.74, 6) is 1.02. The number of nitrogens with one attached hydrogen (secondary N) is 1. The van der Waals surface area contributed by atoms with Crippen LogP contribution in [0.25, 0.3) is 16.3 Å². The molecule has 140 valence electrons. The van der Waals surface area contributed by atoms with E-state index in [0.29, 0.717) is 6.42 Å². The van der Waals surface area contributed by atoms with E-state index in [2.05, 4.69) is 63.7 Å². The largest absolute Gasteiger partial charge is 0.496 e. The van der Waals surface area contributed by atoms with E-state index in [1.54, 1.807) is 7.11 Å². The minimum atomic E-state index is -0.205. The van der Waals surface area contributed by atoms with Crippen LogP contribution in [0, 0.1) is 0 Å². The number of rotatable bonds is 2. The summed E-state index contributed by atoms with van der Waals surface area (Å²) < 4.78 is 6.60. The standard InChI is InChI=1S/C24H20BrNO2/c1-28-21-12-10-15(25)13-18(21)24-23-17(7-4-8-20(23)27)22-16-6-3-2-5-14(16)9-11-19(22)26-24/h2-3,5-6,9-13,24,26H,4,7-8H2,1H3. The van der Waals surface area contributed by atoms with Crippen molar-refractivity contribution in [3.05, 3.63) is 75.8 Å². The van der Waals surface area contributed by atoms with Crippen molar-refractivity contribution >= 4 is 43.7 Å². The Balaban J connectivity index is 1.80. The topological polar surface area (TPSA) is 38.3 Å². The second-order valence-electron chi connectivity index (χ2n) is 7.34. The molecule has 0 aromatic heterocycles. The molecule has 0 fully saturated rings. The molecule has 0 spiro atoms. The molecule has 3 aromatic rings. The number of halogens is 1. The van der Waals surface area contributed by atoms with E-state index in [0.717, 1.165) is 39.9 Å². The molecule has 0 saturated carbocycles. The fraction of sp³-hybridized carbons (Fsp3) is 0.208. The molecule has 0 amide bonds. The minimum absolute atomic E-state index is 0.205. The van der Waals surface area contributed by atoms with Crippen molar-refractivity contribution in [1.82, 2.24) is 0 Å². The predicted octanol–water partition coefficient (Wildman–Crippen LogP) is 6.28. The van der Waals surface area contributed by atoms with Gasteiger partial charge in [0.1, 0.15) is 5.75 Å². The van der Waals surface area contributed by atoms with Gasteiger partial charge in [0.2, 0.25) is 0 Å². The van der Waals surface area contributed by atoms with E-state index in [-0.39, 0.29) is 11.8 Å². The monoisotopic (exact) mass is 433 g/mol. The highest BCUT2D eigenvalue weighted by Gasteiger charge is 2.36. The number of methoxy groups -OCH3 is 1. The number of ketones is 1. The lowest BCUT2D eigenvalue weighted by Crippen LogP contribution is -2.27. The Morgan fingerprint density at radius 3 is 2.79 bits per heavy atom. The molecule has 1 atom stereocenters. The van der Waals surface area contributed by atoms with E-state index in [4.69, 9.17) is 4.74 Å². The molecule has 0 radical (unpaired) electrons. The molecule has 1 N–H and O–H groups in total. The predicted molar refractivity (Wildman–Crippen MR) is 117 cm³/mol. The Morgan fingerprint density at radius 2 is 1.93 bits per heavy atom. The summed E-state index contributed by atoms with van der Waals surface area (Å²) in [4.78, 5) is 13.1. The van der Waals surface area contributed by atoms with Gasteiger partial charge in [0.05, 0.1) is 13.2 Å². The molecular formula is C24H20BrNO2. The molecule has 1 aliphatic carbocycles. The lowest BCUT2D eigenvalue weighted by atomic mass is 9.76. The number of hydrogen-bond acceptors (Lipinski definition) is 3. The molecular weight excluding hydrogens is 414 g/mol. The van der Waals surface area contributed by atoms with Crippen molar-refractivity contribution in [1.29, 1.82) is 0 Å². The zero-order valence-electron chi connectivity index (χ0n) is 15.6. The van der Waals surface area contributed by atoms with Crippen molar-refractivity contribution in [2.75, 3.05) is 12.4 Å². The van der Waals surface area contributed by atoms with Crippen molar-refractivity contribution in [2.24, 2.45) is 0 Å². The maximum absolute atomic E-state index is 13.1. The van der Waals surface area contributed by atoms with Crippen LogP contribution in [-0.2, 0) is 4.79 Å². The first-order valence-electron chi connectivity index (χ1n) is 9.55. The molecule has 3 nitrogen and oxygen atoms in total. The lowest BCUT2D eigenvalue weighted by molar-refractivity contribution is -0.116. The SMILES string of the molecule is COc1ccc(Br)cc1C1Nc2ccc3ccccc3c2C2=C1C(=O)CCC2. The van der Waals surface area contributed by atoms with Crippen LogP contribution < -0.4 is 10.1 Å². The highest BCUT2D eigenvalue weighted by Crippen LogP contribution is 2.49. The van der Waals surface area contributed by atoms with Crippen LogP contribution in [0.4, 0.5) is 5.69 Å². The van der Waals surface area contributed by atoms with Gasteiger partial charge >= 0.3 is 0 Å². The fourth-order valence-electron chi connectivity index (χ4n) is 4.57. The summed E-state index contributed by atoms with van der Waals surface area (Å²) in [5.41, 5.74) is 5.34. The molecule has 1 unspecified atom stereocenters. The minimum Gasteiger partial charge on any atom is -0.496 e. The molecule has 0 bridgehead atoms. The van der Waals surface area contributed by atoms with Gasteiger partial charge in [0.25, 0.3) is 0 Å². The Morgan fingerprint density at radius 1 is 1.07 bits per heavy atom. The van der Waals surface area contributed by atoms with E-state index in [1.807, 2.05) is 12.1 Å². The average molecular weight is 434 g/mol. The maximum atomic E-state index is 13.1. The number of anilines is 1. The van der Waals surface area contributed by atoms with E-state index < -0.39 is 0 Å². The summed E-state index contributed by atoms with van der Waals surface area (Å²) in [6, 6.07) is 18.4. The first kappa shape index (κ1) is 17.5. The van der Waals surface area contributed by atoms with Crippen molar-refractivity contribution < 1.29 is 9.53 Å². The van der Waals surface area contributed by atoms with Crippen LogP contribution in [0.3, 0.4) is 0 Å². The summed E-state index contributed by atoms with van der Waals surface area (Å²) in [6.07, 6.45) is 2.44. The van der Waals surface area contributed by atoms with Gasteiger partial charge in [-0.25, -0.2) is 0 Å². The molecule has 1 aliphatic heterocycles. The molecule has 1 heterocycles. The highest BCUT2D eigenvalue weighted by molar-refractivity contribution is 9.10. The Kier molecular flexibility index (Phi) is 4.24. The van der Waals surface area contributed by atoms with Crippen LogP contribution in [0.5, 0.6) is 5.75 Å². The van der Waals surface area contributed by atoms with Gasteiger partial charge in [0, 0.05) is 33.3 Å². The third-order valence-corrected chi connectivity index (χ3v) is 6.27. The first-order chi connectivity index (χ1) is 13.7. The zero-order chi connectivity index (χ0) is 19.3. The fourth-order valence-corrected chi connectivity index (χ4v) is 4.95. The van der Waals surface area contributed by atoms with Crippen molar-refractivity contribution in [3.63, 3.8) is 0 Å². The number of fused-ring (bicyclic) bond motifs is 4. The van der Waals surface area contributed by atoms with Gasteiger partial charge in [-0.2, -0.15) is 0 Å². The van der Waals surface area contributed by atoms with Gasteiger partial charge < -0.3 is 10.1 Å². The zero-order valence-corrected chi connectivity index (χ0v) is 17.2. The molecule has 28 heavy (non-hydrogen) atoms. The van der Waals surface area contributed by atoms with Gasteiger partial charge in [-0.3, -0.25) is 4.79 Å². The van der Waals surface area contributed by atoms with E-state index in [1.165, 1.54) is 21.9 Å². The summed E-state index contributed by atoms with van der Waals surface area (Å²) in [7, 11) is 1.68. The smallest absolute Gasteiger partial charge is 0.161 e. The Labute approximate surface area is 172 Å². The quantitative estimate of drug-likeness (QED) is 0.516. The number of benzene rings is 3. The van der Waals surface area contributed by atoms with Crippen molar-refractivity contribution in [3.8, 4) is 5.75 Å². The van der Waals surface area contributed by atoms with Gasteiger partial charge in [-0.1, -0.05) is 46.3 Å². The van der Waals surface area contributed by atoms with Gasteiger partial charge in [-0.05, 0) is 53.5 Å². The summed E-state index contributed by atoms with van der Waals surface area (Å²) >= 11 is 3.58. The number of hydrogen-bond donors (Lipinski definition) is 1. The molecule has 2 aliphatic rings. The molecule has 5 rings (SSSR count). The van der Waals surface area contributed by atoms with Crippen LogP contribution in [0.15, 0.2) is 64.6 Å². The third-order valence-electron chi connectivity index (χ3n) is 5.78. The van der Waals surface area contributed by atoms with Crippen LogP contribution in [0.1, 0.15) is 36.4 Å². The molecule has 0 saturated heterocycles. The maximum Gasteiger partial charge on any atom is 0.161 e. The van der Waals surface area contributed by atoms with E-state index in [9.17, 15) is 4.79 Å². The average Bonchev–Trinajstić information content (AvgIpc) is 2.73. The van der Waals surface area contributed by atoms with Crippen LogP contribution in [0.2, 0.25) is 0 Å². The number of Topliss-reactive ketones (excluding diaryl/α,β-unsaturated/α-hetero) is 1. The van der Waals surface area contributed by atoms with Gasteiger partial charge in [-0.15, -0.1) is 0 Å². The second-order valence-corrected chi connectivity index (χ2v) is 8.26. The summed E-state index contributed by atoms with van der Waals surface area (Å²) in [6.45, 7) is 0. The lowest BCUT2D eigenvalue weighted by Gasteiger charge is -2.35. The Hall–Kier alpha value is -2.59. The Bertz CT molecular complexity index is 1150. The third kappa shape index (κ3) is 2.67. The number of allylic oxidation sites excluding steroid dienone is 1.